The van der Waals surface area contributed by atoms with Gasteiger partial charge in [-0.25, -0.2) is 9.97 Å². The lowest BCUT2D eigenvalue weighted by Gasteiger charge is -2.17. The van der Waals surface area contributed by atoms with Gasteiger partial charge in [0.25, 0.3) is 0 Å². The Morgan fingerprint density at radius 3 is 1.73 bits per heavy atom. The van der Waals surface area contributed by atoms with Crippen LogP contribution in [0.2, 0.25) is 0 Å². The molecule has 6 rings (SSSR count). The van der Waals surface area contributed by atoms with Gasteiger partial charge in [0.1, 0.15) is 0 Å². The predicted octanol–water partition coefficient (Wildman–Crippen LogP) is 7.27. The number of hydrogen-bond acceptors (Lipinski definition) is 2. The molecule has 0 fully saturated rings. The lowest BCUT2D eigenvalue weighted by Crippen LogP contribution is -1.93. The van der Waals surface area contributed by atoms with E-state index in [9.17, 15) is 0 Å². The van der Waals surface area contributed by atoms with Gasteiger partial charge in [-0.1, -0.05) is 78.9 Å². The highest BCUT2D eigenvalue weighted by Crippen LogP contribution is 2.43. The smallest absolute Gasteiger partial charge is 0.159 e. The summed E-state index contributed by atoms with van der Waals surface area (Å²) in [4.78, 5) is 9.42. The second-order valence-electron chi connectivity index (χ2n) is 7.45. The molecular formula is C28H18N2. The predicted molar refractivity (Wildman–Crippen MR) is 125 cm³/mol. The van der Waals surface area contributed by atoms with Gasteiger partial charge in [-0.3, -0.25) is 0 Å². The first-order chi connectivity index (χ1) is 14.9. The van der Waals surface area contributed by atoms with Crippen LogP contribution >= 0.6 is 0 Å². The minimum atomic E-state index is 0.773. The van der Waals surface area contributed by atoms with Gasteiger partial charge in [-0.2, -0.15) is 0 Å². The molecule has 2 nitrogen and oxygen atoms in total. The highest BCUT2D eigenvalue weighted by atomic mass is 14.8. The van der Waals surface area contributed by atoms with Crippen LogP contribution in [0.1, 0.15) is 0 Å². The van der Waals surface area contributed by atoms with Crippen LogP contribution in [0.4, 0.5) is 0 Å². The zero-order valence-electron chi connectivity index (χ0n) is 16.3. The van der Waals surface area contributed by atoms with Crippen molar-refractivity contribution in [3.05, 3.63) is 109 Å². The maximum Gasteiger partial charge on any atom is 0.159 e. The number of rotatable bonds is 2. The van der Waals surface area contributed by atoms with E-state index in [1.807, 2.05) is 12.1 Å². The number of hydrogen-bond donors (Lipinski definition) is 0. The van der Waals surface area contributed by atoms with Crippen molar-refractivity contribution in [3.63, 3.8) is 0 Å². The molecule has 6 aromatic rings. The number of aromatic nitrogens is 2. The van der Waals surface area contributed by atoms with Crippen LogP contribution in [0.15, 0.2) is 109 Å². The summed E-state index contributed by atoms with van der Waals surface area (Å²) in [6, 6.07) is 36.1. The van der Waals surface area contributed by atoms with Gasteiger partial charge in [-0.15, -0.1) is 0 Å². The van der Waals surface area contributed by atoms with Crippen molar-refractivity contribution in [2.45, 2.75) is 0 Å². The van der Waals surface area contributed by atoms with E-state index in [1.54, 1.807) is 6.20 Å². The zero-order chi connectivity index (χ0) is 19.9. The van der Waals surface area contributed by atoms with E-state index in [-0.39, 0.29) is 0 Å². The highest BCUT2D eigenvalue weighted by molar-refractivity contribution is 6.21. The summed E-state index contributed by atoms with van der Waals surface area (Å²) >= 11 is 0. The zero-order valence-corrected chi connectivity index (χ0v) is 16.3. The molecule has 0 unspecified atom stereocenters. The Morgan fingerprint density at radius 2 is 1.07 bits per heavy atom. The summed E-state index contributed by atoms with van der Waals surface area (Å²) in [5, 5.41) is 5.94. The maximum absolute atomic E-state index is 4.94. The van der Waals surface area contributed by atoms with E-state index >= 15 is 0 Å². The Labute approximate surface area is 174 Å². The van der Waals surface area contributed by atoms with E-state index in [4.69, 9.17) is 4.98 Å². The summed E-state index contributed by atoms with van der Waals surface area (Å²) < 4.78 is 0. The monoisotopic (exact) mass is 382 g/mol. The summed E-state index contributed by atoms with van der Waals surface area (Å²) in [7, 11) is 0. The topological polar surface area (TPSA) is 25.8 Å². The molecule has 2 heteroatoms. The van der Waals surface area contributed by atoms with Crippen LogP contribution in [0, 0.1) is 0 Å². The van der Waals surface area contributed by atoms with Gasteiger partial charge < -0.3 is 0 Å². The average Bonchev–Trinajstić information content (AvgIpc) is 2.82. The fourth-order valence-electron chi connectivity index (χ4n) is 4.41. The van der Waals surface area contributed by atoms with Crippen molar-refractivity contribution in [1.82, 2.24) is 9.97 Å². The fraction of sp³-hybridized carbons (Fsp3) is 0. The van der Waals surface area contributed by atoms with Gasteiger partial charge in [0, 0.05) is 17.1 Å². The van der Waals surface area contributed by atoms with Crippen molar-refractivity contribution >= 4 is 32.6 Å². The molecule has 0 saturated heterocycles. The molecule has 0 atom stereocenters. The van der Waals surface area contributed by atoms with E-state index in [2.05, 4.69) is 96.0 Å². The van der Waals surface area contributed by atoms with Crippen molar-refractivity contribution < 1.29 is 0 Å². The second-order valence-corrected chi connectivity index (χ2v) is 7.45. The van der Waals surface area contributed by atoms with Gasteiger partial charge in [0.2, 0.25) is 0 Å². The Bertz CT molecular complexity index is 1480. The average molecular weight is 382 g/mol. The number of fused-ring (bicyclic) bond motifs is 3. The van der Waals surface area contributed by atoms with Crippen LogP contribution in [-0.2, 0) is 0 Å². The van der Waals surface area contributed by atoms with Crippen LogP contribution in [0.5, 0.6) is 0 Å². The molecule has 0 aliphatic rings. The Kier molecular flexibility index (Phi) is 3.82. The maximum atomic E-state index is 4.94. The standard InChI is InChI=1S/C28H18N2/c1-2-9-19(10-3-1)26-21-12-4-6-14-23(21)27(24-15-7-5-13-22(24)26)25-17-16-20-11-8-18-29-28(20)30-25/h1-18H. The molecule has 0 saturated carbocycles. The highest BCUT2D eigenvalue weighted by Gasteiger charge is 2.17. The number of pyridine rings is 2. The molecule has 30 heavy (non-hydrogen) atoms. The molecule has 140 valence electrons. The molecule has 0 radical (unpaired) electrons. The number of nitrogens with zero attached hydrogens (tertiary/aromatic N) is 2. The molecule has 0 bridgehead atoms. The third-order valence-electron chi connectivity index (χ3n) is 5.71. The first-order valence-corrected chi connectivity index (χ1v) is 10.1. The lowest BCUT2D eigenvalue weighted by molar-refractivity contribution is 1.29. The second kappa shape index (κ2) is 6.78. The number of benzene rings is 4. The fourth-order valence-corrected chi connectivity index (χ4v) is 4.41. The van der Waals surface area contributed by atoms with E-state index < -0.39 is 0 Å². The molecule has 4 aromatic carbocycles. The largest absolute Gasteiger partial charge is 0.237 e. The molecule has 2 heterocycles. The molecule has 0 N–H and O–H groups in total. The van der Waals surface area contributed by atoms with Gasteiger partial charge in [-0.05, 0) is 56.9 Å². The van der Waals surface area contributed by atoms with Crippen molar-refractivity contribution in [2.75, 3.05) is 0 Å². The Hall–Kier alpha value is -4.04. The van der Waals surface area contributed by atoms with Crippen molar-refractivity contribution in [2.24, 2.45) is 0 Å². The molecule has 0 spiro atoms. The summed E-state index contributed by atoms with van der Waals surface area (Å²) in [5.41, 5.74) is 5.38. The van der Waals surface area contributed by atoms with E-state index in [0.717, 1.165) is 22.3 Å². The van der Waals surface area contributed by atoms with Gasteiger partial charge in [0.15, 0.2) is 5.65 Å². The van der Waals surface area contributed by atoms with Gasteiger partial charge >= 0.3 is 0 Å². The van der Waals surface area contributed by atoms with Crippen LogP contribution in [0.25, 0.3) is 55.0 Å². The molecular weight excluding hydrogens is 364 g/mol. The normalized spacial score (nSPS) is 11.3. The third-order valence-corrected chi connectivity index (χ3v) is 5.71. The van der Waals surface area contributed by atoms with Crippen molar-refractivity contribution in [3.8, 4) is 22.4 Å². The molecule has 2 aromatic heterocycles. The SMILES string of the molecule is c1ccc(-c2c3ccccc3c(-c3ccc4cccnc4n3)c3ccccc23)cc1. The first kappa shape index (κ1) is 16.9. The molecule has 0 amide bonds. The summed E-state index contributed by atoms with van der Waals surface area (Å²) in [5.74, 6) is 0. The summed E-state index contributed by atoms with van der Waals surface area (Å²) in [6.07, 6.45) is 1.80. The van der Waals surface area contributed by atoms with E-state index in [0.29, 0.717) is 0 Å². The van der Waals surface area contributed by atoms with E-state index in [1.165, 1.54) is 32.7 Å². The lowest BCUT2D eigenvalue weighted by atomic mass is 9.87. The summed E-state index contributed by atoms with van der Waals surface area (Å²) in [6.45, 7) is 0. The third kappa shape index (κ3) is 2.58. The van der Waals surface area contributed by atoms with Crippen LogP contribution < -0.4 is 0 Å². The first-order valence-electron chi connectivity index (χ1n) is 10.1. The van der Waals surface area contributed by atoms with Crippen LogP contribution in [-0.4, -0.2) is 9.97 Å². The quantitative estimate of drug-likeness (QED) is 0.294. The van der Waals surface area contributed by atoms with Crippen molar-refractivity contribution in [1.29, 1.82) is 0 Å². The Morgan fingerprint density at radius 1 is 0.467 bits per heavy atom. The molecule has 0 aliphatic carbocycles. The Balaban J connectivity index is 1.79. The minimum Gasteiger partial charge on any atom is -0.237 e. The molecule has 0 aliphatic heterocycles. The minimum absolute atomic E-state index is 0.773. The van der Waals surface area contributed by atoms with Crippen LogP contribution in [0.3, 0.4) is 0 Å². The van der Waals surface area contributed by atoms with Gasteiger partial charge in [0.05, 0.1) is 5.69 Å².